The molecule has 0 radical (unpaired) electrons. The largest absolute Gasteiger partial charge is 0.508 e. The van der Waals surface area contributed by atoms with E-state index in [9.17, 15) is 63.3 Å². The number of rotatable bonds is 43. The van der Waals surface area contributed by atoms with Crippen molar-refractivity contribution in [3.8, 4) is 11.5 Å². The first-order valence-corrected chi connectivity index (χ1v) is 39.2. The number of nitrogens with zero attached hydrogens (tertiary/aromatic N) is 3. The maximum absolute atomic E-state index is 15.3. The monoisotopic (exact) mass is 1590 g/mol. The van der Waals surface area contributed by atoms with Crippen molar-refractivity contribution in [2.45, 2.75) is 210 Å². The molecule has 0 spiro atoms. The molecule has 4 aromatic carbocycles. The molecule has 34 nitrogen and oxygen atoms in total. The van der Waals surface area contributed by atoms with E-state index in [0.717, 1.165) is 10.9 Å². The van der Waals surface area contributed by atoms with Gasteiger partial charge in [-0.3, -0.25) is 58.1 Å². The molecular formula is C81H111N19O15. The second kappa shape index (κ2) is 43.4. The molecule has 11 amide bonds. The zero-order chi connectivity index (χ0) is 83.4. The number of carbonyl (C=O) groups is 12. The highest BCUT2D eigenvalue weighted by molar-refractivity contribution is 6.00. The van der Waals surface area contributed by atoms with E-state index in [4.69, 9.17) is 22.6 Å². The van der Waals surface area contributed by atoms with Crippen LogP contribution in [0.15, 0.2) is 122 Å². The van der Waals surface area contributed by atoms with Crippen molar-refractivity contribution in [3.05, 3.63) is 150 Å². The number of guanidine groups is 1. The molecule has 2 saturated heterocycles. The molecule has 0 aliphatic carbocycles. The topological polar surface area (TPSA) is 539 Å². The third kappa shape index (κ3) is 26.9. The number of amides is 11. The van der Waals surface area contributed by atoms with Crippen LogP contribution in [0.2, 0.25) is 0 Å². The Labute approximate surface area is 667 Å². The summed E-state index contributed by atoms with van der Waals surface area (Å²) in [7, 11) is 0. The van der Waals surface area contributed by atoms with Gasteiger partial charge in [-0.05, 0) is 149 Å². The second-order valence-corrected chi connectivity index (χ2v) is 30.3. The van der Waals surface area contributed by atoms with E-state index in [1.807, 2.05) is 38.1 Å². The van der Waals surface area contributed by atoms with Crippen LogP contribution < -0.4 is 70.4 Å². The third-order valence-corrected chi connectivity index (χ3v) is 20.2. The second-order valence-electron chi connectivity index (χ2n) is 30.3. The number of hydrogen-bond donors (Lipinski definition) is 19. The van der Waals surface area contributed by atoms with Gasteiger partial charge in [-0.1, -0.05) is 100 Å². The van der Waals surface area contributed by atoms with Crippen molar-refractivity contribution >= 4 is 87.8 Å². The van der Waals surface area contributed by atoms with Crippen molar-refractivity contribution in [2.75, 3.05) is 26.2 Å². The summed E-state index contributed by atoms with van der Waals surface area (Å²) in [5.74, 6) is -10.4. The lowest BCUT2D eigenvalue weighted by Crippen LogP contribution is -2.61. The summed E-state index contributed by atoms with van der Waals surface area (Å²) in [6, 6.07) is 12.4. The van der Waals surface area contributed by atoms with E-state index in [1.54, 1.807) is 74.6 Å². The van der Waals surface area contributed by atoms with Crippen LogP contribution in [0.25, 0.3) is 10.9 Å². The van der Waals surface area contributed by atoms with E-state index in [-0.39, 0.29) is 133 Å². The minimum Gasteiger partial charge on any atom is -0.508 e. The summed E-state index contributed by atoms with van der Waals surface area (Å²) >= 11 is 0. The standard InChI is InChI=1S/C81H111N19O15/c1-46(2)36-61(73(107)97-65(40-51-26-30-55(102)31-27-51)79(113)100-35-15-23-68(100)77(111)98-66(80(114)115)37-47(3)4)93-72(106)60(21-13-33-87-81(84)85)91-69(103)48(5)90-71(105)59(20-11-12-32-82)92-74(108)62(38-49-16-7-6-8-17-49)94-75(109)63(41-52-43-88-58-19-10-9-18-56(52)58)95-76(110)67-22-14-34-99(67)78(112)64(39-50-24-28-54(101)29-25-50)96-70(104)57(83)42-53-44-86-45-89-53/h6-10,16-19,24-31,43-48,57,59-68,88,101-102H,11-15,20-23,32-42,82-83H2,1-5H3,(H,86,89)(H,90,105)(H,91,103)(H,92,108)(H,93,106)(H,94,109)(H,95,110)(H,96,104)(H,97,107)(H,98,111)(H,114,115)(H4,84,85,87)/t48-,57-,59-,60-,61-,62-,63-,64-,65-,66-,67-,68-/m0/s1. The van der Waals surface area contributed by atoms with Gasteiger partial charge in [0, 0.05) is 80.7 Å². The molecular weight excluding hydrogens is 1480 g/mol. The number of aromatic nitrogens is 3. The Kier molecular flexibility index (Phi) is 33.4. The van der Waals surface area contributed by atoms with Gasteiger partial charge in [0.05, 0.1) is 12.4 Å². The van der Waals surface area contributed by atoms with Gasteiger partial charge in [-0.25, -0.2) is 9.78 Å². The van der Waals surface area contributed by atoms with Crippen LogP contribution in [0.4, 0.5) is 0 Å². The predicted molar refractivity (Wildman–Crippen MR) is 427 cm³/mol. The summed E-state index contributed by atoms with van der Waals surface area (Å²) in [6.45, 7) is 9.04. The van der Waals surface area contributed by atoms with Crippen LogP contribution in [-0.2, 0) is 89.6 Å². The SMILES string of the molecule is CC(C)C[C@H](NC(=O)[C@@H]1CCCN1C(=O)[C@H](Cc1ccc(O)cc1)NC(=O)[C@H](CC(C)C)NC(=O)[C@H](CCCNC(=N)N)NC(=O)[C@H](C)NC(=O)[C@H](CCCCN)NC(=O)[C@H](Cc1ccccc1)NC(=O)[C@H](Cc1c[nH]c2ccccc12)NC(=O)[C@@H]1CCCN1C(=O)[C@H](Cc1ccc(O)cc1)NC(=O)[C@@H](N)Cc1cnc[nH]1)C(=O)O. The van der Waals surface area contributed by atoms with Gasteiger partial charge in [0.15, 0.2) is 5.96 Å². The van der Waals surface area contributed by atoms with Crippen LogP contribution in [0, 0.1) is 17.2 Å². The Bertz CT molecular complexity index is 4300. The molecule has 0 unspecified atom stereocenters. The Balaban J connectivity index is 0.998. The summed E-state index contributed by atoms with van der Waals surface area (Å²) in [4.78, 5) is 186. The molecule has 0 bridgehead atoms. The lowest BCUT2D eigenvalue weighted by molar-refractivity contribution is -0.145. The number of unbranched alkanes of at least 4 members (excludes halogenated alkanes) is 1. The number of aliphatic carboxylic acids is 1. The molecule has 12 atom stereocenters. The lowest BCUT2D eigenvalue weighted by atomic mass is 9.99. The van der Waals surface area contributed by atoms with E-state index in [2.05, 4.69) is 68.1 Å². The molecule has 34 heteroatoms. The predicted octanol–water partition coefficient (Wildman–Crippen LogP) is 1.08. The molecule has 8 rings (SSSR count). The summed E-state index contributed by atoms with van der Waals surface area (Å²) in [5.41, 5.74) is 21.5. The van der Waals surface area contributed by atoms with Gasteiger partial charge in [-0.15, -0.1) is 0 Å². The van der Waals surface area contributed by atoms with Crippen molar-refractivity contribution in [2.24, 2.45) is 29.0 Å². The summed E-state index contributed by atoms with van der Waals surface area (Å²) in [6.07, 6.45) is 6.27. The number of H-pyrrole nitrogens is 2. The van der Waals surface area contributed by atoms with Crippen molar-refractivity contribution in [1.29, 1.82) is 5.41 Å². The number of fused-ring (bicyclic) bond motifs is 1. The van der Waals surface area contributed by atoms with E-state index in [1.165, 1.54) is 53.5 Å². The van der Waals surface area contributed by atoms with E-state index < -0.39 is 143 Å². The Morgan fingerprint density at radius 3 is 1.52 bits per heavy atom. The highest BCUT2D eigenvalue weighted by atomic mass is 16.4. The average Bonchev–Trinajstić information content (AvgIpc) is 1.71. The first-order chi connectivity index (χ1) is 54.9. The Hall–Kier alpha value is -11.9. The molecule has 620 valence electrons. The number of para-hydroxylation sites is 1. The number of imidazole rings is 1. The lowest BCUT2D eigenvalue weighted by Gasteiger charge is -2.31. The van der Waals surface area contributed by atoms with Gasteiger partial charge < -0.3 is 105 Å². The molecule has 0 saturated carbocycles. The number of benzene rings is 4. The quantitative estimate of drug-likeness (QED) is 0.0145. The highest BCUT2D eigenvalue weighted by Crippen LogP contribution is 2.26. The number of aromatic amines is 2. The zero-order valence-electron chi connectivity index (χ0n) is 65.6. The van der Waals surface area contributed by atoms with Crippen molar-refractivity contribution in [1.82, 2.24) is 77.9 Å². The maximum atomic E-state index is 15.3. The number of hydrogen-bond acceptors (Lipinski definition) is 18. The van der Waals surface area contributed by atoms with E-state index in [0.29, 0.717) is 53.6 Å². The van der Waals surface area contributed by atoms with Gasteiger partial charge >= 0.3 is 5.97 Å². The number of carbonyl (C=O) groups excluding carboxylic acids is 11. The van der Waals surface area contributed by atoms with Gasteiger partial charge in [0.1, 0.15) is 78.0 Å². The number of likely N-dealkylation sites (tertiary alicyclic amines) is 2. The smallest absolute Gasteiger partial charge is 0.326 e. The number of carboxylic acid groups (broad SMARTS) is 1. The number of nitrogens with two attached hydrogens (primary N) is 3. The van der Waals surface area contributed by atoms with Crippen LogP contribution in [0.3, 0.4) is 0 Å². The fourth-order valence-corrected chi connectivity index (χ4v) is 14.2. The highest BCUT2D eigenvalue weighted by Gasteiger charge is 2.43. The first-order valence-electron chi connectivity index (χ1n) is 39.2. The Morgan fingerprint density at radius 2 is 0.974 bits per heavy atom. The zero-order valence-corrected chi connectivity index (χ0v) is 65.6. The number of nitrogens with one attached hydrogen (secondary N) is 13. The van der Waals surface area contributed by atoms with Crippen LogP contribution >= 0.6 is 0 Å². The number of phenols is 2. The fourth-order valence-electron chi connectivity index (χ4n) is 14.2. The number of carboxylic acids is 1. The van der Waals surface area contributed by atoms with E-state index >= 15 is 9.59 Å². The summed E-state index contributed by atoms with van der Waals surface area (Å²) in [5, 5.41) is 66.2. The molecule has 2 aliphatic heterocycles. The maximum Gasteiger partial charge on any atom is 0.326 e. The van der Waals surface area contributed by atoms with Crippen LogP contribution in [0.5, 0.6) is 11.5 Å². The molecule has 2 fully saturated rings. The summed E-state index contributed by atoms with van der Waals surface area (Å²) < 4.78 is 0. The van der Waals surface area contributed by atoms with Crippen LogP contribution in [-0.4, -0.2) is 216 Å². The van der Waals surface area contributed by atoms with Gasteiger partial charge in [-0.2, -0.15) is 0 Å². The normalized spacial score (nSPS) is 16.6. The molecule has 22 N–H and O–H groups in total. The molecule has 6 aromatic rings. The van der Waals surface area contributed by atoms with Crippen molar-refractivity contribution < 1.29 is 72.9 Å². The minimum atomic E-state index is -1.44. The van der Waals surface area contributed by atoms with Gasteiger partial charge in [0.25, 0.3) is 0 Å². The average molecular weight is 1590 g/mol. The molecule has 4 heterocycles. The molecule has 2 aliphatic rings. The minimum absolute atomic E-state index is 0.0114. The Morgan fingerprint density at radius 1 is 0.513 bits per heavy atom. The van der Waals surface area contributed by atoms with Crippen molar-refractivity contribution in [3.63, 3.8) is 0 Å². The van der Waals surface area contributed by atoms with Crippen LogP contribution in [0.1, 0.15) is 133 Å². The third-order valence-electron chi connectivity index (χ3n) is 20.2. The van der Waals surface area contributed by atoms with Gasteiger partial charge in [0.2, 0.25) is 65.0 Å². The first kappa shape index (κ1) is 88.6. The fraction of sp³-hybridized carbons (Fsp3) is 0.481. The number of aromatic hydroxyl groups is 2. The molecule has 115 heavy (non-hydrogen) atoms. The molecule has 2 aromatic heterocycles. The number of phenolic OH excluding ortho intramolecular Hbond substituents is 2.